The van der Waals surface area contributed by atoms with Gasteiger partial charge in [0.2, 0.25) is 0 Å². The summed E-state index contributed by atoms with van der Waals surface area (Å²) in [4.78, 5) is 0. The third kappa shape index (κ3) is 7.64. The zero-order valence-corrected chi connectivity index (χ0v) is 21.2. The number of hydrogen-bond acceptors (Lipinski definition) is 2. The molecule has 37 heavy (non-hydrogen) atoms. The predicted octanol–water partition coefficient (Wildman–Crippen LogP) is 9.42. The van der Waals surface area contributed by atoms with Crippen LogP contribution in [0.3, 0.4) is 0 Å². The first-order valence-corrected chi connectivity index (χ1v) is 13.3. The average molecular weight is 523 g/mol. The molecule has 1 aliphatic carbocycles. The van der Waals surface area contributed by atoms with E-state index < -0.39 is 17.9 Å². The van der Waals surface area contributed by atoms with Crippen LogP contribution in [-0.4, -0.2) is 19.4 Å². The van der Waals surface area contributed by atoms with E-state index in [4.69, 9.17) is 9.47 Å². The summed E-state index contributed by atoms with van der Waals surface area (Å²) in [6.07, 6.45) is 0.901. The van der Waals surface area contributed by atoms with Crippen molar-refractivity contribution in [3.63, 3.8) is 0 Å². The predicted molar refractivity (Wildman–Crippen MR) is 134 cm³/mol. The van der Waals surface area contributed by atoms with Gasteiger partial charge in [-0.15, -0.1) is 0 Å². The van der Waals surface area contributed by atoms with Crippen LogP contribution in [0.5, 0.6) is 0 Å². The number of ether oxygens (including phenoxy) is 2. The van der Waals surface area contributed by atoms with Crippen molar-refractivity contribution in [1.29, 1.82) is 0 Å². The van der Waals surface area contributed by atoms with E-state index in [1.165, 1.54) is 25.3 Å². The normalized spacial score (nSPS) is 25.3. The van der Waals surface area contributed by atoms with Crippen molar-refractivity contribution >= 4 is 0 Å². The Morgan fingerprint density at radius 1 is 0.919 bits per heavy atom. The van der Waals surface area contributed by atoms with Crippen molar-refractivity contribution in [3.05, 3.63) is 71.3 Å². The lowest BCUT2D eigenvalue weighted by molar-refractivity contribution is -0.206. The van der Waals surface area contributed by atoms with Crippen LogP contribution < -0.4 is 0 Å². The van der Waals surface area contributed by atoms with Crippen LogP contribution in [-0.2, 0) is 9.47 Å². The summed E-state index contributed by atoms with van der Waals surface area (Å²) in [7, 11) is 0. The first kappa shape index (κ1) is 27.8. The van der Waals surface area contributed by atoms with Crippen molar-refractivity contribution in [1.82, 2.24) is 0 Å². The number of alkyl halides is 3. The van der Waals surface area contributed by atoms with Crippen molar-refractivity contribution in [2.45, 2.75) is 76.7 Å². The maximum atomic E-state index is 15.0. The highest BCUT2D eigenvalue weighted by Gasteiger charge is 2.31. The molecule has 0 N–H and O–H groups in total. The van der Waals surface area contributed by atoms with Crippen LogP contribution in [0.4, 0.5) is 22.0 Å². The second-order valence-corrected chi connectivity index (χ2v) is 10.3. The van der Waals surface area contributed by atoms with Crippen molar-refractivity contribution in [3.8, 4) is 11.1 Å². The fraction of sp³-hybridized carbons (Fsp3) is 0.533. The molecule has 0 bridgehead atoms. The molecule has 1 saturated heterocycles. The zero-order valence-electron chi connectivity index (χ0n) is 21.2. The molecule has 1 heterocycles. The smallest absolute Gasteiger partial charge is 0.348 e. The maximum absolute atomic E-state index is 15.0. The third-order valence-corrected chi connectivity index (χ3v) is 7.56. The molecule has 7 heteroatoms. The molecule has 0 spiro atoms. The topological polar surface area (TPSA) is 18.5 Å². The third-order valence-electron chi connectivity index (χ3n) is 7.56. The SMILES string of the molecule is CCCCCC1COC(c2ccc(-c3ccc(C4CCC(/C(F)=C/C(F)(F)F)CC4)c(F)c3)cc2)OC1. The van der Waals surface area contributed by atoms with Crippen molar-refractivity contribution < 1.29 is 31.4 Å². The number of benzene rings is 2. The Kier molecular flexibility index (Phi) is 9.41. The van der Waals surface area contributed by atoms with Crippen molar-refractivity contribution in [2.24, 2.45) is 11.8 Å². The number of rotatable bonds is 8. The van der Waals surface area contributed by atoms with Gasteiger partial charge in [-0.1, -0.05) is 62.6 Å². The molecule has 0 radical (unpaired) electrons. The Morgan fingerprint density at radius 3 is 2.16 bits per heavy atom. The summed E-state index contributed by atoms with van der Waals surface area (Å²) in [6.45, 7) is 3.57. The van der Waals surface area contributed by atoms with Gasteiger partial charge in [-0.25, -0.2) is 8.78 Å². The second-order valence-electron chi connectivity index (χ2n) is 10.3. The van der Waals surface area contributed by atoms with Gasteiger partial charge < -0.3 is 9.47 Å². The summed E-state index contributed by atoms with van der Waals surface area (Å²) in [5.41, 5.74) is 3.07. The van der Waals surface area contributed by atoms with E-state index in [-0.39, 0.29) is 36.9 Å². The Balaban J connectivity index is 1.33. The van der Waals surface area contributed by atoms with E-state index in [1.54, 1.807) is 6.07 Å². The lowest BCUT2D eigenvalue weighted by atomic mass is 9.77. The molecule has 0 atom stereocenters. The van der Waals surface area contributed by atoms with Crippen molar-refractivity contribution in [2.75, 3.05) is 13.2 Å². The molecule has 2 aromatic rings. The fourth-order valence-corrected chi connectivity index (χ4v) is 5.41. The van der Waals surface area contributed by atoms with Gasteiger partial charge in [0.25, 0.3) is 0 Å². The fourth-order valence-electron chi connectivity index (χ4n) is 5.41. The van der Waals surface area contributed by atoms with Gasteiger partial charge in [-0.2, -0.15) is 13.2 Å². The highest BCUT2D eigenvalue weighted by molar-refractivity contribution is 5.64. The summed E-state index contributed by atoms with van der Waals surface area (Å²) in [5.74, 6) is -1.90. The van der Waals surface area contributed by atoms with Crippen LogP contribution in [0.25, 0.3) is 11.1 Å². The van der Waals surface area contributed by atoms with Gasteiger partial charge in [0, 0.05) is 17.4 Å². The highest BCUT2D eigenvalue weighted by atomic mass is 19.4. The molecule has 202 valence electrons. The number of unbranched alkanes of at least 4 members (excludes halogenated alkanes) is 2. The maximum Gasteiger partial charge on any atom is 0.412 e. The lowest BCUT2D eigenvalue weighted by Gasteiger charge is -2.29. The average Bonchev–Trinajstić information content (AvgIpc) is 2.88. The Bertz CT molecular complexity index is 1030. The van der Waals surface area contributed by atoms with Gasteiger partial charge in [-0.05, 0) is 60.8 Å². The summed E-state index contributed by atoms with van der Waals surface area (Å²) >= 11 is 0. The Morgan fingerprint density at radius 2 is 1.57 bits per heavy atom. The monoisotopic (exact) mass is 522 g/mol. The standard InChI is InChI=1S/C30H35F5O2/c1-2-3-4-5-20-18-36-29(37-19-20)24-12-6-21(7-13-24)25-14-15-26(27(31)16-25)22-8-10-23(11-9-22)28(32)17-30(33,34)35/h6-7,12-17,20,22-23,29H,2-5,8-11,18-19H2,1H3/b28-17-. The van der Waals surface area contributed by atoms with E-state index in [0.717, 1.165) is 23.1 Å². The van der Waals surface area contributed by atoms with Gasteiger partial charge in [0.15, 0.2) is 6.29 Å². The molecule has 4 rings (SSSR count). The van der Waals surface area contributed by atoms with E-state index in [1.807, 2.05) is 30.3 Å². The van der Waals surface area contributed by atoms with Crippen LogP contribution in [0.2, 0.25) is 0 Å². The lowest BCUT2D eigenvalue weighted by Crippen LogP contribution is -2.27. The minimum absolute atomic E-state index is 0.127. The molecule has 0 aromatic heterocycles. The quantitative estimate of drug-likeness (QED) is 0.254. The van der Waals surface area contributed by atoms with E-state index in [0.29, 0.717) is 37.5 Å². The molecule has 2 aliphatic rings. The molecular weight excluding hydrogens is 487 g/mol. The number of halogens is 5. The summed E-state index contributed by atoms with van der Waals surface area (Å²) in [5, 5.41) is 0. The van der Waals surface area contributed by atoms with Crippen LogP contribution in [0.15, 0.2) is 54.4 Å². The van der Waals surface area contributed by atoms with Crippen LogP contribution >= 0.6 is 0 Å². The number of allylic oxidation sites excluding steroid dienone is 2. The molecular formula is C30H35F5O2. The largest absolute Gasteiger partial charge is 0.412 e. The minimum Gasteiger partial charge on any atom is -0.348 e. The van der Waals surface area contributed by atoms with Gasteiger partial charge >= 0.3 is 6.18 Å². The van der Waals surface area contributed by atoms with Crippen LogP contribution in [0.1, 0.15) is 81.6 Å². The van der Waals surface area contributed by atoms with Gasteiger partial charge in [-0.3, -0.25) is 0 Å². The van der Waals surface area contributed by atoms with Gasteiger partial charge in [0.05, 0.1) is 19.3 Å². The highest BCUT2D eigenvalue weighted by Crippen LogP contribution is 2.41. The second kappa shape index (κ2) is 12.5. The summed E-state index contributed by atoms with van der Waals surface area (Å²) in [6, 6.07) is 12.8. The Labute approximate surface area is 215 Å². The first-order chi connectivity index (χ1) is 17.7. The molecule has 2 nitrogen and oxygen atoms in total. The molecule has 0 amide bonds. The van der Waals surface area contributed by atoms with Gasteiger partial charge in [0.1, 0.15) is 11.6 Å². The first-order valence-electron chi connectivity index (χ1n) is 13.3. The minimum atomic E-state index is -4.66. The van der Waals surface area contributed by atoms with E-state index in [2.05, 4.69) is 6.92 Å². The Hall–Kier alpha value is -2.25. The molecule has 2 aromatic carbocycles. The molecule has 1 aliphatic heterocycles. The molecule has 0 unspecified atom stereocenters. The van der Waals surface area contributed by atoms with E-state index >= 15 is 4.39 Å². The summed E-state index contributed by atoms with van der Waals surface area (Å²) < 4.78 is 78.1. The van der Waals surface area contributed by atoms with E-state index in [9.17, 15) is 17.6 Å². The zero-order chi connectivity index (χ0) is 26.4. The molecule has 2 fully saturated rings. The number of hydrogen-bond donors (Lipinski definition) is 0. The molecule has 1 saturated carbocycles. The van der Waals surface area contributed by atoms with Crippen LogP contribution in [0, 0.1) is 17.7 Å².